The topological polar surface area (TPSA) is 60.2 Å². The molecular formula is C21H22N4O2. The van der Waals surface area contributed by atoms with Crippen LogP contribution in [-0.2, 0) is 7.05 Å². The normalized spacial score (nSPS) is 16.1. The van der Waals surface area contributed by atoms with Crippen molar-refractivity contribution in [1.82, 2.24) is 19.7 Å². The van der Waals surface area contributed by atoms with Gasteiger partial charge in [0.2, 0.25) is 0 Å². The van der Waals surface area contributed by atoms with Gasteiger partial charge in [-0.1, -0.05) is 24.3 Å². The fraction of sp³-hybridized carbons (Fsp3) is 0.286. The van der Waals surface area contributed by atoms with Crippen LogP contribution in [0, 0.1) is 6.92 Å². The maximum atomic E-state index is 13.1. The van der Waals surface area contributed by atoms with E-state index in [1.165, 1.54) is 0 Å². The molecule has 6 heteroatoms. The number of nitrogens with zero attached hydrogens (tertiary/aromatic N) is 4. The molecule has 0 saturated carbocycles. The minimum atomic E-state index is 0.0311. The van der Waals surface area contributed by atoms with Gasteiger partial charge in [-0.2, -0.15) is 5.10 Å². The number of methoxy groups -OCH3 is 1. The third kappa shape index (κ3) is 3.18. The third-order valence-corrected chi connectivity index (χ3v) is 5.11. The van der Waals surface area contributed by atoms with Crippen LogP contribution in [0.2, 0.25) is 0 Å². The maximum Gasteiger partial charge on any atom is 0.254 e. The molecule has 1 aromatic heterocycles. The van der Waals surface area contributed by atoms with Gasteiger partial charge >= 0.3 is 0 Å². The van der Waals surface area contributed by atoms with Gasteiger partial charge in [0.25, 0.3) is 5.91 Å². The molecule has 2 heterocycles. The fourth-order valence-electron chi connectivity index (χ4n) is 3.37. The average molecular weight is 362 g/mol. The molecule has 0 bridgehead atoms. The lowest BCUT2D eigenvalue weighted by Gasteiger charge is -2.41. The highest BCUT2D eigenvalue weighted by Crippen LogP contribution is 2.36. The first-order valence-electron chi connectivity index (χ1n) is 9.00. The second-order valence-electron chi connectivity index (χ2n) is 6.77. The number of carbonyl (C=O) groups is 1. The highest BCUT2D eigenvalue weighted by Gasteiger charge is 2.34. The smallest absolute Gasteiger partial charge is 0.254 e. The molecule has 3 aromatic rings. The Morgan fingerprint density at radius 1 is 1.19 bits per heavy atom. The summed E-state index contributed by atoms with van der Waals surface area (Å²) in [6.07, 6.45) is 0.958. The number of ether oxygens (including phenoxy) is 1. The van der Waals surface area contributed by atoms with Crippen LogP contribution < -0.4 is 4.74 Å². The first kappa shape index (κ1) is 17.3. The lowest BCUT2D eigenvalue weighted by Crippen LogP contribution is -2.45. The summed E-state index contributed by atoms with van der Waals surface area (Å²) in [6, 6.07) is 15.6. The van der Waals surface area contributed by atoms with Crippen LogP contribution in [0.15, 0.2) is 48.5 Å². The van der Waals surface area contributed by atoms with Crippen LogP contribution >= 0.6 is 0 Å². The summed E-state index contributed by atoms with van der Waals surface area (Å²) >= 11 is 0. The predicted molar refractivity (Wildman–Crippen MR) is 103 cm³/mol. The van der Waals surface area contributed by atoms with Gasteiger partial charge in [0.1, 0.15) is 11.6 Å². The molecule has 4 rings (SSSR count). The minimum Gasteiger partial charge on any atom is -0.497 e. The Kier molecular flexibility index (Phi) is 4.39. The lowest BCUT2D eigenvalue weighted by molar-refractivity contribution is 0.0460. The standard InChI is InChI=1S/C21H22N4O2/c1-14-22-20(23-24(14)2)16-7-4-8-17(12-16)21(26)25-11-10-19(25)15-6-5-9-18(13-15)27-3/h4-9,12-13,19H,10-11H2,1-3H3/t19-/m1/s1. The summed E-state index contributed by atoms with van der Waals surface area (Å²) in [4.78, 5) is 19.4. The average Bonchev–Trinajstić information content (AvgIpc) is 3.00. The van der Waals surface area contributed by atoms with Crippen LogP contribution in [0.4, 0.5) is 0 Å². The van der Waals surface area contributed by atoms with E-state index in [0.29, 0.717) is 11.4 Å². The second-order valence-corrected chi connectivity index (χ2v) is 6.77. The van der Waals surface area contributed by atoms with Crippen LogP contribution in [-0.4, -0.2) is 39.2 Å². The van der Waals surface area contributed by atoms with Gasteiger partial charge in [0.05, 0.1) is 13.2 Å². The predicted octanol–water partition coefficient (Wildman–Crippen LogP) is 3.39. The maximum absolute atomic E-state index is 13.1. The van der Waals surface area contributed by atoms with E-state index in [1.54, 1.807) is 11.8 Å². The van der Waals surface area contributed by atoms with E-state index in [0.717, 1.165) is 35.7 Å². The fourth-order valence-corrected chi connectivity index (χ4v) is 3.37. The number of carbonyl (C=O) groups excluding carboxylic acids is 1. The molecule has 0 spiro atoms. The second kappa shape index (κ2) is 6.87. The molecule has 138 valence electrons. The van der Waals surface area contributed by atoms with E-state index in [4.69, 9.17) is 4.74 Å². The lowest BCUT2D eigenvalue weighted by atomic mass is 9.93. The summed E-state index contributed by atoms with van der Waals surface area (Å²) in [5.74, 6) is 2.31. The van der Waals surface area contributed by atoms with Gasteiger partial charge in [-0.15, -0.1) is 0 Å². The van der Waals surface area contributed by atoms with Crippen molar-refractivity contribution in [1.29, 1.82) is 0 Å². The van der Waals surface area contributed by atoms with Crippen LogP contribution in [0.5, 0.6) is 5.75 Å². The molecule has 1 fully saturated rings. The highest BCUT2D eigenvalue weighted by atomic mass is 16.5. The van der Waals surface area contributed by atoms with Crippen molar-refractivity contribution in [2.24, 2.45) is 7.05 Å². The largest absolute Gasteiger partial charge is 0.497 e. The number of aryl methyl sites for hydroxylation is 2. The van der Waals surface area contributed by atoms with E-state index >= 15 is 0 Å². The summed E-state index contributed by atoms with van der Waals surface area (Å²) in [5, 5.41) is 4.41. The zero-order valence-corrected chi connectivity index (χ0v) is 15.7. The molecule has 0 aliphatic carbocycles. The van der Waals surface area contributed by atoms with Crippen molar-refractivity contribution in [2.75, 3.05) is 13.7 Å². The van der Waals surface area contributed by atoms with Gasteiger partial charge in [0.15, 0.2) is 5.82 Å². The van der Waals surface area contributed by atoms with Gasteiger partial charge in [-0.25, -0.2) is 4.98 Å². The molecule has 0 N–H and O–H groups in total. The Morgan fingerprint density at radius 3 is 2.67 bits per heavy atom. The first-order valence-corrected chi connectivity index (χ1v) is 9.00. The van der Waals surface area contributed by atoms with Crippen molar-refractivity contribution in [3.8, 4) is 17.1 Å². The van der Waals surface area contributed by atoms with Crippen LogP contribution in [0.25, 0.3) is 11.4 Å². The molecule has 1 aliphatic rings. The van der Waals surface area contributed by atoms with Crippen molar-refractivity contribution in [3.63, 3.8) is 0 Å². The highest BCUT2D eigenvalue weighted by molar-refractivity contribution is 5.96. The van der Waals surface area contributed by atoms with Crippen LogP contribution in [0.3, 0.4) is 0 Å². The summed E-state index contributed by atoms with van der Waals surface area (Å²) in [6.45, 7) is 2.66. The monoisotopic (exact) mass is 362 g/mol. The number of amides is 1. The van der Waals surface area contributed by atoms with Gasteiger partial charge in [0, 0.05) is 24.7 Å². The number of hydrogen-bond donors (Lipinski definition) is 0. The van der Waals surface area contributed by atoms with E-state index in [-0.39, 0.29) is 11.9 Å². The van der Waals surface area contributed by atoms with Gasteiger partial charge < -0.3 is 9.64 Å². The number of likely N-dealkylation sites (tertiary alicyclic amines) is 1. The van der Waals surface area contributed by atoms with E-state index in [1.807, 2.05) is 67.4 Å². The number of benzene rings is 2. The molecule has 27 heavy (non-hydrogen) atoms. The quantitative estimate of drug-likeness (QED) is 0.714. The minimum absolute atomic E-state index is 0.0311. The van der Waals surface area contributed by atoms with E-state index < -0.39 is 0 Å². The number of aromatic nitrogens is 3. The molecule has 1 aliphatic heterocycles. The number of rotatable bonds is 4. The van der Waals surface area contributed by atoms with E-state index in [2.05, 4.69) is 10.1 Å². The van der Waals surface area contributed by atoms with Gasteiger partial charge in [-0.3, -0.25) is 9.48 Å². The Morgan fingerprint density at radius 2 is 2.00 bits per heavy atom. The molecule has 1 amide bonds. The third-order valence-electron chi connectivity index (χ3n) is 5.11. The van der Waals surface area contributed by atoms with Crippen LogP contribution in [0.1, 0.15) is 34.2 Å². The molecule has 0 unspecified atom stereocenters. The van der Waals surface area contributed by atoms with Crippen molar-refractivity contribution >= 4 is 5.91 Å². The number of hydrogen-bond acceptors (Lipinski definition) is 4. The van der Waals surface area contributed by atoms with Gasteiger partial charge in [-0.05, 0) is 43.2 Å². The molecule has 2 aromatic carbocycles. The SMILES string of the molecule is COc1cccc([C@H]2CCN2C(=O)c2cccc(-c3nc(C)n(C)n3)c2)c1. The molecule has 6 nitrogen and oxygen atoms in total. The Labute approximate surface area is 158 Å². The molecule has 1 saturated heterocycles. The molecule has 0 radical (unpaired) electrons. The molecular weight excluding hydrogens is 340 g/mol. The van der Waals surface area contributed by atoms with E-state index in [9.17, 15) is 4.79 Å². The van der Waals surface area contributed by atoms with Crippen molar-refractivity contribution in [3.05, 3.63) is 65.5 Å². The first-order chi connectivity index (χ1) is 13.1. The Balaban J connectivity index is 1.58. The summed E-state index contributed by atoms with van der Waals surface area (Å²) in [5.41, 5.74) is 2.61. The zero-order valence-electron chi connectivity index (χ0n) is 15.7. The Hall–Kier alpha value is -3.15. The Bertz CT molecular complexity index is 976. The van der Waals surface area contributed by atoms with Crippen molar-refractivity contribution < 1.29 is 9.53 Å². The summed E-state index contributed by atoms with van der Waals surface area (Å²) in [7, 11) is 3.52. The zero-order chi connectivity index (χ0) is 19.0. The molecule has 1 atom stereocenters. The van der Waals surface area contributed by atoms with Crippen molar-refractivity contribution in [2.45, 2.75) is 19.4 Å². The summed E-state index contributed by atoms with van der Waals surface area (Å²) < 4.78 is 7.05.